The summed E-state index contributed by atoms with van der Waals surface area (Å²) in [4.78, 5) is 18.7. The predicted octanol–water partition coefficient (Wildman–Crippen LogP) is 3.73. The molecule has 5 nitrogen and oxygen atoms in total. The first-order valence-corrected chi connectivity index (χ1v) is 9.24. The van der Waals surface area contributed by atoms with E-state index in [1.54, 1.807) is 6.20 Å². The molecule has 1 saturated heterocycles. The van der Waals surface area contributed by atoms with Gasteiger partial charge in [-0.15, -0.1) is 0 Å². The molecule has 1 fully saturated rings. The van der Waals surface area contributed by atoms with Gasteiger partial charge in [0.2, 0.25) is 11.8 Å². The van der Waals surface area contributed by atoms with Crippen LogP contribution < -0.4 is 5.32 Å². The van der Waals surface area contributed by atoms with Gasteiger partial charge in [-0.1, -0.05) is 30.7 Å². The number of nitrogens with one attached hydrogen (secondary N) is 1. The molecule has 0 aliphatic carbocycles. The van der Waals surface area contributed by atoms with Gasteiger partial charge in [-0.3, -0.25) is 9.69 Å². The fourth-order valence-electron chi connectivity index (χ4n) is 3.10. The van der Waals surface area contributed by atoms with Crippen molar-refractivity contribution < 1.29 is 9.21 Å². The quantitative estimate of drug-likeness (QED) is 0.851. The van der Waals surface area contributed by atoms with Crippen molar-refractivity contribution in [1.29, 1.82) is 0 Å². The molecule has 6 heteroatoms. The molecule has 25 heavy (non-hydrogen) atoms. The van der Waals surface area contributed by atoms with Crippen molar-refractivity contribution in [2.24, 2.45) is 5.92 Å². The molecule has 0 spiro atoms. The molecule has 1 aromatic heterocycles. The first-order chi connectivity index (χ1) is 12.2. The molecular formula is C19H24ClN3O2. The van der Waals surface area contributed by atoms with Gasteiger partial charge in [-0.2, -0.15) is 0 Å². The third-order valence-electron chi connectivity index (χ3n) is 4.53. The normalized spacial score (nSPS) is 16.1. The van der Waals surface area contributed by atoms with E-state index in [1.807, 2.05) is 24.3 Å². The third-order valence-corrected chi connectivity index (χ3v) is 4.76. The molecule has 1 aliphatic heterocycles. The Balaban J connectivity index is 1.52. The van der Waals surface area contributed by atoms with Gasteiger partial charge in [0, 0.05) is 23.0 Å². The number of hydrogen-bond acceptors (Lipinski definition) is 4. The van der Waals surface area contributed by atoms with Crippen molar-refractivity contribution in [2.75, 3.05) is 19.6 Å². The van der Waals surface area contributed by atoms with Crippen LogP contribution in [0, 0.1) is 5.92 Å². The highest BCUT2D eigenvalue weighted by Crippen LogP contribution is 2.25. The molecule has 0 atom stereocenters. The Morgan fingerprint density at radius 1 is 1.40 bits per heavy atom. The Labute approximate surface area is 153 Å². The highest BCUT2D eigenvalue weighted by atomic mass is 35.5. The number of likely N-dealkylation sites (tertiary alicyclic amines) is 1. The first-order valence-electron chi connectivity index (χ1n) is 8.86. The molecule has 0 unspecified atom stereocenters. The van der Waals surface area contributed by atoms with E-state index in [-0.39, 0.29) is 11.8 Å². The number of piperidine rings is 1. The number of nitrogens with zero attached hydrogens (tertiary/aromatic N) is 2. The molecule has 2 aromatic rings. The van der Waals surface area contributed by atoms with Crippen LogP contribution in [0.15, 0.2) is 34.9 Å². The summed E-state index contributed by atoms with van der Waals surface area (Å²) in [5.74, 6) is 1.76. The lowest BCUT2D eigenvalue weighted by Crippen LogP contribution is -2.40. The lowest BCUT2D eigenvalue weighted by atomic mass is 9.96. The van der Waals surface area contributed by atoms with Crippen molar-refractivity contribution in [1.82, 2.24) is 15.2 Å². The van der Waals surface area contributed by atoms with Crippen LogP contribution in [0.4, 0.5) is 0 Å². The summed E-state index contributed by atoms with van der Waals surface area (Å²) in [5.41, 5.74) is 0.928. The molecule has 3 rings (SSSR count). The Hall–Kier alpha value is -1.85. The predicted molar refractivity (Wildman–Crippen MR) is 98.3 cm³/mol. The van der Waals surface area contributed by atoms with E-state index in [9.17, 15) is 4.79 Å². The van der Waals surface area contributed by atoms with Gasteiger partial charge in [-0.05, 0) is 44.5 Å². The van der Waals surface area contributed by atoms with Gasteiger partial charge < -0.3 is 9.73 Å². The van der Waals surface area contributed by atoms with Crippen LogP contribution >= 0.6 is 11.6 Å². The van der Waals surface area contributed by atoms with E-state index in [1.165, 1.54) is 0 Å². The summed E-state index contributed by atoms with van der Waals surface area (Å²) < 4.78 is 5.86. The molecular weight excluding hydrogens is 338 g/mol. The minimum Gasteiger partial charge on any atom is -0.439 e. The maximum Gasteiger partial charge on any atom is 0.223 e. The molecule has 1 aliphatic rings. The molecule has 0 bridgehead atoms. The first kappa shape index (κ1) is 18.0. The van der Waals surface area contributed by atoms with Crippen LogP contribution in [0.1, 0.15) is 32.1 Å². The average molecular weight is 362 g/mol. The van der Waals surface area contributed by atoms with E-state index >= 15 is 0 Å². The van der Waals surface area contributed by atoms with Crippen molar-refractivity contribution in [3.05, 3.63) is 41.4 Å². The fraction of sp³-hybridized carbons (Fsp3) is 0.474. The van der Waals surface area contributed by atoms with E-state index in [0.29, 0.717) is 17.5 Å². The molecule has 0 saturated carbocycles. The number of halogens is 1. The molecule has 1 amide bonds. The van der Waals surface area contributed by atoms with Crippen molar-refractivity contribution >= 4 is 17.5 Å². The Bertz CT molecular complexity index is 708. The standard InChI is InChI=1S/C19H24ClN3O2/c1-2-8-21-19(24)14-6-9-23(10-7-14)13-18-22-12-17(25-18)15-4-3-5-16(20)11-15/h3-5,11-12,14H,2,6-10,13H2,1H3,(H,21,24). The molecule has 1 N–H and O–H groups in total. The Kier molecular flexibility index (Phi) is 6.10. The number of benzene rings is 1. The minimum atomic E-state index is 0.134. The van der Waals surface area contributed by atoms with E-state index in [2.05, 4.69) is 22.1 Å². The number of oxazole rings is 1. The van der Waals surface area contributed by atoms with Crippen LogP contribution in [0.25, 0.3) is 11.3 Å². The number of carbonyl (C=O) groups is 1. The molecule has 134 valence electrons. The van der Waals surface area contributed by atoms with Gasteiger partial charge in [0.05, 0.1) is 12.7 Å². The van der Waals surface area contributed by atoms with Crippen molar-refractivity contribution in [3.8, 4) is 11.3 Å². The van der Waals surface area contributed by atoms with Crippen LogP contribution in [-0.4, -0.2) is 35.4 Å². The topological polar surface area (TPSA) is 58.4 Å². The maximum absolute atomic E-state index is 12.0. The van der Waals surface area contributed by atoms with E-state index in [0.717, 1.165) is 50.2 Å². The highest BCUT2D eigenvalue weighted by Gasteiger charge is 2.25. The number of amides is 1. The summed E-state index contributed by atoms with van der Waals surface area (Å²) in [5, 5.41) is 3.67. The number of carbonyl (C=O) groups excluding carboxylic acids is 1. The van der Waals surface area contributed by atoms with Crippen LogP contribution in [0.3, 0.4) is 0 Å². The second-order valence-corrected chi connectivity index (χ2v) is 6.91. The van der Waals surface area contributed by atoms with Crippen LogP contribution in [0.5, 0.6) is 0 Å². The highest BCUT2D eigenvalue weighted by molar-refractivity contribution is 6.30. The second kappa shape index (κ2) is 8.50. The van der Waals surface area contributed by atoms with E-state index < -0.39 is 0 Å². The zero-order valence-corrected chi connectivity index (χ0v) is 15.3. The largest absolute Gasteiger partial charge is 0.439 e. The summed E-state index contributed by atoms with van der Waals surface area (Å²) >= 11 is 6.03. The Morgan fingerprint density at radius 3 is 2.92 bits per heavy atom. The summed E-state index contributed by atoms with van der Waals surface area (Å²) in [6, 6.07) is 7.56. The summed E-state index contributed by atoms with van der Waals surface area (Å²) in [6.45, 7) is 5.28. The van der Waals surface area contributed by atoms with Gasteiger partial charge in [0.15, 0.2) is 5.76 Å². The number of aromatic nitrogens is 1. The SMILES string of the molecule is CCCNC(=O)C1CCN(Cc2ncc(-c3cccc(Cl)c3)o2)CC1. The molecule has 2 heterocycles. The van der Waals surface area contributed by atoms with Gasteiger partial charge in [0.1, 0.15) is 0 Å². The monoisotopic (exact) mass is 361 g/mol. The van der Waals surface area contributed by atoms with Crippen LogP contribution in [0.2, 0.25) is 5.02 Å². The molecule has 1 aromatic carbocycles. The minimum absolute atomic E-state index is 0.134. The smallest absolute Gasteiger partial charge is 0.223 e. The average Bonchev–Trinajstić information content (AvgIpc) is 3.09. The van der Waals surface area contributed by atoms with Gasteiger partial charge in [0.25, 0.3) is 0 Å². The second-order valence-electron chi connectivity index (χ2n) is 6.47. The number of hydrogen-bond donors (Lipinski definition) is 1. The van der Waals surface area contributed by atoms with E-state index in [4.69, 9.17) is 16.0 Å². The molecule has 0 radical (unpaired) electrons. The van der Waals surface area contributed by atoms with Crippen molar-refractivity contribution in [2.45, 2.75) is 32.7 Å². The third kappa shape index (κ3) is 4.83. The van der Waals surface area contributed by atoms with Gasteiger partial charge >= 0.3 is 0 Å². The maximum atomic E-state index is 12.0. The Morgan fingerprint density at radius 2 is 2.20 bits per heavy atom. The summed E-state index contributed by atoms with van der Waals surface area (Å²) in [6.07, 6.45) is 4.49. The lowest BCUT2D eigenvalue weighted by molar-refractivity contribution is -0.126. The van der Waals surface area contributed by atoms with Crippen LogP contribution in [-0.2, 0) is 11.3 Å². The zero-order valence-electron chi connectivity index (χ0n) is 14.5. The lowest BCUT2D eigenvalue weighted by Gasteiger charge is -2.30. The van der Waals surface area contributed by atoms with Crippen molar-refractivity contribution in [3.63, 3.8) is 0 Å². The summed E-state index contributed by atoms with van der Waals surface area (Å²) in [7, 11) is 0. The zero-order chi connectivity index (χ0) is 17.6. The van der Waals surface area contributed by atoms with Gasteiger partial charge in [-0.25, -0.2) is 4.98 Å². The fourth-order valence-corrected chi connectivity index (χ4v) is 3.29. The number of rotatable bonds is 6.